The molecule has 0 saturated heterocycles. The van der Waals surface area contributed by atoms with Gasteiger partial charge in [0.25, 0.3) is 5.60 Å². The summed E-state index contributed by atoms with van der Waals surface area (Å²) in [6.45, 7) is 2.24. The zero-order valence-electron chi connectivity index (χ0n) is 25.2. The zero-order chi connectivity index (χ0) is 30.2. The Morgan fingerprint density at radius 3 is 1.80 bits per heavy atom. The zero-order valence-corrected chi connectivity index (χ0v) is 25.2. The molecular formula is C33H53F3O5. The Morgan fingerprint density at radius 1 is 0.854 bits per heavy atom. The number of unbranched alkanes of at least 4 members (excludes halogenated alkanes) is 14. The van der Waals surface area contributed by atoms with Crippen molar-refractivity contribution in [1.82, 2.24) is 0 Å². The van der Waals surface area contributed by atoms with Crippen LogP contribution in [0.15, 0.2) is 30.3 Å². The van der Waals surface area contributed by atoms with Crippen LogP contribution in [0.4, 0.5) is 13.2 Å². The number of methoxy groups -OCH3 is 1. The second kappa shape index (κ2) is 18.1. The summed E-state index contributed by atoms with van der Waals surface area (Å²) >= 11 is 0. The van der Waals surface area contributed by atoms with Crippen molar-refractivity contribution < 1.29 is 37.7 Å². The fourth-order valence-electron chi connectivity index (χ4n) is 6.16. The quantitative estimate of drug-likeness (QED) is 0.118. The van der Waals surface area contributed by atoms with Gasteiger partial charge in [-0.15, -0.1) is 0 Å². The molecule has 1 saturated carbocycles. The third-order valence-corrected chi connectivity index (χ3v) is 8.45. The van der Waals surface area contributed by atoms with Crippen molar-refractivity contribution in [1.29, 1.82) is 0 Å². The van der Waals surface area contributed by atoms with E-state index in [9.17, 15) is 28.2 Å². The van der Waals surface area contributed by atoms with Crippen LogP contribution in [0.2, 0.25) is 0 Å². The smallest absolute Gasteiger partial charge is 0.432 e. The first kappa shape index (κ1) is 35.6. The third-order valence-electron chi connectivity index (χ3n) is 8.45. The molecule has 1 aliphatic rings. The second-order valence-corrected chi connectivity index (χ2v) is 12.0. The van der Waals surface area contributed by atoms with E-state index in [0.717, 1.165) is 32.8 Å². The van der Waals surface area contributed by atoms with Gasteiger partial charge in [-0.25, -0.2) is 4.79 Å². The first-order valence-corrected chi connectivity index (χ1v) is 15.9. The molecule has 236 valence electrons. The van der Waals surface area contributed by atoms with E-state index in [2.05, 4.69) is 6.92 Å². The van der Waals surface area contributed by atoms with E-state index in [0.29, 0.717) is 6.42 Å². The molecule has 0 heterocycles. The van der Waals surface area contributed by atoms with Crippen molar-refractivity contribution >= 4 is 5.97 Å². The molecule has 0 radical (unpaired) electrons. The van der Waals surface area contributed by atoms with E-state index in [1.54, 1.807) is 6.07 Å². The van der Waals surface area contributed by atoms with E-state index >= 15 is 0 Å². The lowest BCUT2D eigenvalue weighted by Crippen LogP contribution is -2.54. The SMILES string of the molecule is CCCCCCCCCCCCCCCCC[C@]1(O)C[C@@H](O)C[C@H](OC(=O)[C@@](OC)(c2ccccc2)C(F)(F)F)C1. The van der Waals surface area contributed by atoms with Crippen molar-refractivity contribution in [2.24, 2.45) is 0 Å². The molecule has 0 aromatic heterocycles. The number of halogens is 3. The number of alkyl halides is 3. The van der Waals surface area contributed by atoms with E-state index in [4.69, 9.17) is 9.47 Å². The lowest BCUT2D eigenvalue weighted by atomic mass is 9.78. The van der Waals surface area contributed by atoms with Gasteiger partial charge in [0.15, 0.2) is 0 Å². The van der Waals surface area contributed by atoms with Gasteiger partial charge < -0.3 is 19.7 Å². The number of ether oxygens (including phenoxy) is 2. The number of aliphatic hydroxyl groups excluding tert-OH is 1. The van der Waals surface area contributed by atoms with Gasteiger partial charge in [0.2, 0.25) is 0 Å². The van der Waals surface area contributed by atoms with Crippen molar-refractivity contribution in [2.45, 2.75) is 159 Å². The normalized spacial score (nSPS) is 22.8. The fraction of sp³-hybridized carbons (Fsp3) is 0.788. The van der Waals surface area contributed by atoms with E-state index in [1.807, 2.05) is 0 Å². The van der Waals surface area contributed by atoms with Gasteiger partial charge in [0.1, 0.15) is 6.10 Å². The molecule has 8 heteroatoms. The first-order valence-electron chi connectivity index (χ1n) is 15.9. The molecule has 2 rings (SSSR count). The minimum Gasteiger partial charge on any atom is -0.459 e. The van der Waals surface area contributed by atoms with Gasteiger partial charge in [-0.3, -0.25) is 0 Å². The number of hydrogen-bond donors (Lipinski definition) is 2. The summed E-state index contributed by atoms with van der Waals surface area (Å²) in [7, 11) is 0.824. The first-order chi connectivity index (χ1) is 19.6. The van der Waals surface area contributed by atoms with Gasteiger partial charge in [0.05, 0.1) is 11.7 Å². The maximum Gasteiger partial charge on any atom is 0.432 e. The van der Waals surface area contributed by atoms with Crippen molar-refractivity contribution in [2.75, 3.05) is 7.11 Å². The highest BCUT2D eigenvalue weighted by Crippen LogP contribution is 2.44. The summed E-state index contributed by atoms with van der Waals surface area (Å²) < 4.78 is 52.7. The van der Waals surface area contributed by atoms with Gasteiger partial charge in [-0.2, -0.15) is 13.2 Å². The summed E-state index contributed by atoms with van der Waals surface area (Å²) in [5.41, 5.74) is -4.97. The molecule has 0 spiro atoms. The molecule has 5 nitrogen and oxygen atoms in total. The Hall–Kier alpha value is -1.64. The minimum absolute atomic E-state index is 0.0131. The summed E-state index contributed by atoms with van der Waals surface area (Å²) in [6, 6.07) is 6.66. The lowest BCUT2D eigenvalue weighted by molar-refractivity contribution is -0.279. The number of rotatable bonds is 20. The molecule has 1 aromatic carbocycles. The molecule has 0 amide bonds. The Morgan fingerprint density at radius 2 is 1.34 bits per heavy atom. The van der Waals surface area contributed by atoms with Crippen LogP contribution in [0.1, 0.15) is 134 Å². The number of carbonyl (C=O) groups excluding carboxylic acids is 1. The number of esters is 1. The maximum atomic E-state index is 14.2. The van der Waals surface area contributed by atoms with Gasteiger partial charge in [0, 0.05) is 31.9 Å². The van der Waals surface area contributed by atoms with Crippen LogP contribution >= 0.6 is 0 Å². The Kier molecular flexibility index (Phi) is 15.7. The van der Waals surface area contributed by atoms with Crippen molar-refractivity contribution in [3.8, 4) is 0 Å². The summed E-state index contributed by atoms with van der Waals surface area (Å²) in [6.07, 6.45) is 11.8. The molecule has 0 bridgehead atoms. The highest BCUT2D eigenvalue weighted by molar-refractivity contribution is 5.82. The van der Waals surface area contributed by atoms with Crippen LogP contribution in [0.25, 0.3) is 0 Å². The summed E-state index contributed by atoms with van der Waals surface area (Å²) in [5, 5.41) is 21.5. The second-order valence-electron chi connectivity index (χ2n) is 12.0. The molecule has 0 aliphatic heterocycles. The van der Waals surface area contributed by atoms with Crippen LogP contribution < -0.4 is 0 Å². The molecule has 2 N–H and O–H groups in total. The van der Waals surface area contributed by atoms with Crippen molar-refractivity contribution in [3.63, 3.8) is 0 Å². The standard InChI is InChI=1S/C33H53F3O5/c1-3-4-5-6-7-8-9-10-11-12-13-14-15-16-20-23-31(39)25-28(37)24-29(26-31)41-30(38)32(40-2,33(34,35)36)27-21-18-17-19-22-27/h17-19,21-22,28-29,37,39H,3-16,20,23-26H2,1-2H3/t28-,29-,31-,32-/m0/s1. The molecule has 41 heavy (non-hydrogen) atoms. The number of benzene rings is 1. The van der Waals surface area contributed by atoms with Crippen LogP contribution in [0, 0.1) is 0 Å². The van der Waals surface area contributed by atoms with Gasteiger partial charge >= 0.3 is 12.1 Å². The average Bonchev–Trinajstić information content (AvgIpc) is 2.91. The van der Waals surface area contributed by atoms with Crippen LogP contribution in [0.3, 0.4) is 0 Å². The summed E-state index contributed by atoms with van der Waals surface area (Å²) in [5.74, 6) is -1.59. The predicted molar refractivity (Wildman–Crippen MR) is 155 cm³/mol. The molecule has 1 aliphatic carbocycles. The average molecular weight is 587 g/mol. The number of carbonyl (C=O) groups is 1. The van der Waals surface area contributed by atoms with E-state index in [1.165, 1.54) is 94.9 Å². The third kappa shape index (κ3) is 11.5. The Bertz CT molecular complexity index is 849. The number of hydrogen-bond acceptors (Lipinski definition) is 5. The van der Waals surface area contributed by atoms with Gasteiger partial charge in [-0.1, -0.05) is 134 Å². The van der Waals surface area contributed by atoms with Crippen molar-refractivity contribution in [3.05, 3.63) is 35.9 Å². The van der Waals surface area contributed by atoms with Crippen LogP contribution in [-0.4, -0.2) is 47.3 Å². The van der Waals surface area contributed by atoms with Crippen LogP contribution in [0.5, 0.6) is 0 Å². The highest BCUT2D eigenvalue weighted by Gasteiger charge is 2.64. The maximum absolute atomic E-state index is 14.2. The Balaban J connectivity index is 1.73. The minimum atomic E-state index is -5.07. The number of aliphatic hydroxyl groups is 2. The molecule has 4 atom stereocenters. The fourth-order valence-corrected chi connectivity index (χ4v) is 6.16. The van der Waals surface area contributed by atoms with Gasteiger partial charge in [-0.05, 0) is 6.42 Å². The molecule has 1 aromatic rings. The Labute approximate surface area is 245 Å². The molecule has 0 unspecified atom stereocenters. The highest BCUT2D eigenvalue weighted by atomic mass is 19.4. The molecular weight excluding hydrogens is 533 g/mol. The largest absolute Gasteiger partial charge is 0.459 e. The molecule has 1 fully saturated rings. The monoisotopic (exact) mass is 586 g/mol. The predicted octanol–water partition coefficient (Wildman–Crippen LogP) is 8.54. The van der Waals surface area contributed by atoms with E-state index < -0.39 is 35.6 Å². The topological polar surface area (TPSA) is 76.0 Å². The summed E-state index contributed by atoms with van der Waals surface area (Å²) in [4.78, 5) is 13.0. The lowest BCUT2D eigenvalue weighted by Gasteiger charge is -2.40. The van der Waals surface area contributed by atoms with E-state index in [-0.39, 0.29) is 24.8 Å². The van der Waals surface area contributed by atoms with Crippen LogP contribution in [-0.2, 0) is 19.9 Å².